The summed E-state index contributed by atoms with van der Waals surface area (Å²) >= 11 is 0. The number of hydrogen-bond donors (Lipinski definition) is 1. The van der Waals surface area contributed by atoms with E-state index in [4.69, 9.17) is 10.5 Å². The van der Waals surface area contributed by atoms with Gasteiger partial charge in [0.25, 0.3) is 0 Å². The van der Waals surface area contributed by atoms with Crippen molar-refractivity contribution in [3.05, 3.63) is 35.9 Å². The summed E-state index contributed by atoms with van der Waals surface area (Å²) in [5, 5.41) is 0. The molecule has 3 heteroatoms. The number of esters is 1. The maximum atomic E-state index is 12.0. The van der Waals surface area contributed by atoms with Crippen LogP contribution in [0.1, 0.15) is 31.2 Å². The third kappa shape index (κ3) is 2.15. The van der Waals surface area contributed by atoms with E-state index in [2.05, 4.69) is 0 Å². The van der Waals surface area contributed by atoms with Gasteiger partial charge in [-0.05, 0) is 36.7 Å². The Kier molecular flexibility index (Phi) is 2.86. The summed E-state index contributed by atoms with van der Waals surface area (Å²) in [5.74, 6) is -0.0516. The van der Waals surface area contributed by atoms with E-state index in [1.54, 1.807) is 0 Å². The summed E-state index contributed by atoms with van der Waals surface area (Å²) < 4.78 is 5.39. The molecule has 18 heavy (non-hydrogen) atoms. The van der Waals surface area contributed by atoms with Crippen LogP contribution in [-0.4, -0.2) is 12.0 Å². The number of rotatable bonds is 3. The van der Waals surface area contributed by atoms with Crippen LogP contribution < -0.4 is 5.73 Å². The fourth-order valence-corrected chi connectivity index (χ4v) is 3.04. The van der Waals surface area contributed by atoms with Gasteiger partial charge in [-0.15, -0.1) is 0 Å². The third-order valence-electron chi connectivity index (χ3n) is 4.43. The second-order valence-corrected chi connectivity index (χ2v) is 5.70. The molecule has 3 nitrogen and oxygen atoms in total. The lowest BCUT2D eigenvalue weighted by atomic mass is 10.0. The summed E-state index contributed by atoms with van der Waals surface area (Å²) in [6.45, 7) is 0.373. The first kappa shape index (κ1) is 11.7. The van der Waals surface area contributed by atoms with Gasteiger partial charge in [0.2, 0.25) is 0 Å². The van der Waals surface area contributed by atoms with E-state index in [1.165, 1.54) is 12.8 Å². The normalized spacial score (nSPS) is 28.3. The van der Waals surface area contributed by atoms with Gasteiger partial charge in [0.1, 0.15) is 6.61 Å². The van der Waals surface area contributed by atoms with Crippen molar-refractivity contribution in [3.63, 3.8) is 0 Å². The van der Waals surface area contributed by atoms with Gasteiger partial charge in [-0.3, -0.25) is 4.79 Å². The van der Waals surface area contributed by atoms with Crippen molar-refractivity contribution >= 4 is 5.97 Å². The molecule has 2 N–H and O–H groups in total. The highest BCUT2D eigenvalue weighted by atomic mass is 16.5. The predicted octanol–water partition coefficient (Wildman–Crippen LogP) is 2.25. The number of benzene rings is 1. The molecule has 2 fully saturated rings. The Bertz CT molecular complexity index is 439. The molecule has 0 aromatic heterocycles. The monoisotopic (exact) mass is 245 g/mol. The van der Waals surface area contributed by atoms with E-state index < -0.39 is 0 Å². The van der Waals surface area contributed by atoms with Gasteiger partial charge in [0, 0.05) is 6.04 Å². The summed E-state index contributed by atoms with van der Waals surface area (Å²) in [6.07, 6.45) is 4.11. The topological polar surface area (TPSA) is 52.3 Å². The van der Waals surface area contributed by atoms with Gasteiger partial charge >= 0.3 is 5.97 Å². The van der Waals surface area contributed by atoms with Gasteiger partial charge in [-0.1, -0.05) is 30.3 Å². The van der Waals surface area contributed by atoms with Crippen LogP contribution in [-0.2, 0) is 16.1 Å². The van der Waals surface area contributed by atoms with Crippen molar-refractivity contribution in [1.29, 1.82) is 0 Å². The minimum absolute atomic E-state index is 0.0196. The zero-order valence-electron chi connectivity index (χ0n) is 10.5. The molecule has 2 saturated carbocycles. The fourth-order valence-electron chi connectivity index (χ4n) is 3.04. The van der Waals surface area contributed by atoms with Gasteiger partial charge in [0.05, 0.1) is 5.92 Å². The van der Waals surface area contributed by atoms with Crippen LogP contribution in [0.4, 0.5) is 0 Å². The zero-order valence-corrected chi connectivity index (χ0v) is 10.5. The Morgan fingerprint density at radius 3 is 2.67 bits per heavy atom. The summed E-state index contributed by atoms with van der Waals surface area (Å²) in [7, 11) is 0. The molecule has 0 amide bonds. The van der Waals surface area contributed by atoms with E-state index in [0.29, 0.717) is 6.61 Å². The Labute approximate surface area is 107 Å². The maximum Gasteiger partial charge on any atom is 0.309 e. The molecule has 1 aromatic rings. The smallest absolute Gasteiger partial charge is 0.309 e. The molecule has 0 radical (unpaired) electrons. The molecule has 1 aromatic carbocycles. The number of carbonyl (C=O) groups excluding carboxylic acids is 1. The molecule has 1 spiro atoms. The van der Waals surface area contributed by atoms with E-state index in [0.717, 1.165) is 18.4 Å². The molecule has 0 bridgehead atoms. The minimum Gasteiger partial charge on any atom is -0.461 e. The molecular formula is C15H19NO2. The van der Waals surface area contributed by atoms with Crippen LogP contribution in [0.3, 0.4) is 0 Å². The van der Waals surface area contributed by atoms with Gasteiger partial charge in [0.15, 0.2) is 0 Å². The molecular weight excluding hydrogens is 226 g/mol. The highest BCUT2D eigenvalue weighted by molar-refractivity contribution is 5.73. The first-order valence-corrected chi connectivity index (χ1v) is 6.66. The largest absolute Gasteiger partial charge is 0.461 e. The van der Waals surface area contributed by atoms with E-state index in [9.17, 15) is 4.79 Å². The maximum absolute atomic E-state index is 12.0. The number of nitrogens with two attached hydrogens (primary N) is 1. The Hall–Kier alpha value is -1.35. The summed E-state index contributed by atoms with van der Waals surface area (Å²) in [4.78, 5) is 12.0. The van der Waals surface area contributed by atoms with Gasteiger partial charge in [-0.25, -0.2) is 0 Å². The predicted molar refractivity (Wildman–Crippen MR) is 68.6 cm³/mol. The quantitative estimate of drug-likeness (QED) is 0.831. The molecule has 3 rings (SSSR count). The van der Waals surface area contributed by atoms with Crippen molar-refractivity contribution in [3.8, 4) is 0 Å². The van der Waals surface area contributed by atoms with E-state index >= 15 is 0 Å². The molecule has 2 aliphatic carbocycles. The van der Waals surface area contributed by atoms with Crippen molar-refractivity contribution in [2.75, 3.05) is 0 Å². The second-order valence-electron chi connectivity index (χ2n) is 5.70. The summed E-state index contributed by atoms with van der Waals surface area (Å²) in [6, 6.07) is 10.00. The SMILES string of the molecule is NC1CC(C(=O)OCc2ccccc2)CC12CC2. The van der Waals surface area contributed by atoms with E-state index in [-0.39, 0.29) is 23.3 Å². The highest BCUT2D eigenvalue weighted by Crippen LogP contribution is 2.58. The van der Waals surface area contributed by atoms with Crippen LogP contribution in [0.15, 0.2) is 30.3 Å². The van der Waals surface area contributed by atoms with Crippen molar-refractivity contribution in [2.24, 2.45) is 17.1 Å². The lowest BCUT2D eigenvalue weighted by Gasteiger charge is -2.10. The summed E-state index contributed by atoms with van der Waals surface area (Å²) in [5.41, 5.74) is 7.43. The Balaban J connectivity index is 1.53. The van der Waals surface area contributed by atoms with Crippen molar-refractivity contribution < 1.29 is 9.53 Å². The standard InChI is InChI=1S/C15H19NO2/c16-13-8-12(9-15(13)6-7-15)14(17)18-10-11-4-2-1-3-5-11/h1-5,12-13H,6-10,16H2. The Morgan fingerprint density at radius 1 is 1.33 bits per heavy atom. The fraction of sp³-hybridized carbons (Fsp3) is 0.533. The van der Waals surface area contributed by atoms with Crippen LogP contribution in [0.2, 0.25) is 0 Å². The van der Waals surface area contributed by atoms with Crippen molar-refractivity contribution in [1.82, 2.24) is 0 Å². The average Bonchev–Trinajstić information content (AvgIpc) is 3.09. The lowest BCUT2D eigenvalue weighted by Crippen LogP contribution is -2.25. The first-order valence-electron chi connectivity index (χ1n) is 6.66. The Morgan fingerprint density at radius 2 is 2.06 bits per heavy atom. The number of hydrogen-bond acceptors (Lipinski definition) is 3. The van der Waals surface area contributed by atoms with Gasteiger partial charge in [-0.2, -0.15) is 0 Å². The van der Waals surface area contributed by atoms with Crippen molar-refractivity contribution in [2.45, 2.75) is 38.3 Å². The number of carbonyl (C=O) groups is 1. The zero-order chi connectivity index (χ0) is 12.6. The molecule has 2 unspecified atom stereocenters. The minimum atomic E-state index is -0.0712. The molecule has 0 saturated heterocycles. The molecule has 0 heterocycles. The number of ether oxygens (including phenoxy) is 1. The average molecular weight is 245 g/mol. The third-order valence-corrected chi connectivity index (χ3v) is 4.43. The van der Waals surface area contributed by atoms with E-state index in [1.807, 2.05) is 30.3 Å². The second kappa shape index (κ2) is 4.39. The molecule has 96 valence electrons. The lowest BCUT2D eigenvalue weighted by molar-refractivity contribution is -0.149. The van der Waals surface area contributed by atoms with Crippen LogP contribution in [0, 0.1) is 11.3 Å². The van der Waals surface area contributed by atoms with Gasteiger partial charge < -0.3 is 10.5 Å². The van der Waals surface area contributed by atoms with Crippen LogP contribution in [0.25, 0.3) is 0 Å². The molecule has 2 atom stereocenters. The molecule has 0 aliphatic heterocycles. The highest BCUT2D eigenvalue weighted by Gasteiger charge is 2.55. The van der Waals surface area contributed by atoms with Crippen LogP contribution in [0.5, 0.6) is 0 Å². The molecule has 2 aliphatic rings. The first-order chi connectivity index (χ1) is 8.70. The van der Waals surface area contributed by atoms with Crippen LogP contribution >= 0.6 is 0 Å².